The Morgan fingerprint density at radius 3 is 1.91 bits per heavy atom. The van der Waals surface area contributed by atoms with Crippen LogP contribution < -0.4 is 0 Å². The van der Waals surface area contributed by atoms with E-state index < -0.39 is 0 Å². The highest BCUT2D eigenvalue weighted by Gasteiger charge is 2.26. The lowest BCUT2D eigenvalue weighted by atomic mass is 9.92. The molecule has 0 N–H and O–H groups in total. The SMILES string of the molecule is c1ccc(-c2cc3c4c5c6c(cccc6ccc5n(-c5nc(-c6ccccc6)c6ccccc6n5)c4c2)-c2ccccc2-3)cc1. The van der Waals surface area contributed by atoms with Crippen molar-refractivity contribution in [2.75, 3.05) is 0 Å². The van der Waals surface area contributed by atoms with Gasteiger partial charge in [0.2, 0.25) is 5.95 Å². The molecule has 9 aromatic rings. The van der Waals surface area contributed by atoms with Crippen molar-refractivity contribution in [3.05, 3.63) is 152 Å². The molecule has 0 bridgehead atoms. The number of nitrogens with zero attached hydrogens (tertiary/aromatic N) is 3. The molecule has 3 heteroatoms. The topological polar surface area (TPSA) is 30.7 Å². The fraction of sp³-hybridized carbons (Fsp3) is 0. The van der Waals surface area contributed by atoms with E-state index in [4.69, 9.17) is 9.97 Å². The van der Waals surface area contributed by atoms with Crippen molar-refractivity contribution < 1.29 is 0 Å². The molecule has 0 saturated carbocycles. The van der Waals surface area contributed by atoms with Crippen LogP contribution >= 0.6 is 0 Å². The number of rotatable bonds is 3. The predicted octanol–water partition coefficient (Wildman–Crippen LogP) is 10.9. The third kappa shape index (κ3) is 3.46. The van der Waals surface area contributed by atoms with Gasteiger partial charge < -0.3 is 0 Å². The molecule has 45 heavy (non-hydrogen) atoms. The van der Waals surface area contributed by atoms with E-state index >= 15 is 0 Å². The van der Waals surface area contributed by atoms with Gasteiger partial charge in [-0.05, 0) is 68.4 Å². The van der Waals surface area contributed by atoms with E-state index in [9.17, 15) is 0 Å². The molecular weight excluding hydrogens is 546 g/mol. The van der Waals surface area contributed by atoms with Gasteiger partial charge in [0, 0.05) is 21.7 Å². The van der Waals surface area contributed by atoms with E-state index in [-0.39, 0.29) is 0 Å². The van der Waals surface area contributed by atoms with E-state index in [1.807, 2.05) is 6.07 Å². The average molecular weight is 572 g/mol. The highest BCUT2D eigenvalue weighted by Crippen LogP contribution is 2.50. The lowest BCUT2D eigenvalue weighted by Crippen LogP contribution is -2.04. The molecule has 208 valence electrons. The molecule has 2 heterocycles. The first-order valence-corrected chi connectivity index (χ1v) is 15.4. The van der Waals surface area contributed by atoms with Crippen LogP contribution in [0.3, 0.4) is 0 Å². The smallest absolute Gasteiger partial charge is 0.235 e. The quantitative estimate of drug-likeness (QED) is 0.211. The van der Waals surface area contributed by atoms with Gasteiger partial charge in [0.05, 0.1) is 22.2 Å². The normalized spacial score (nSPS) is 12.0. The van der Waals surface area contributed by atoms with Gasteiger partial charge in [-0.15, -0.1) is 0 Å². The zero-order valence-corrected chi connectivity index (χ0v) is 24.3. The Labute approximate surface area is 259 Å². The maximum absolute atomic E-state index is 5.36. The second-order valence-electron chi connectivity index (χ2n) is 11.8. The van der Waals surface area contributed by atoms with Crippen LogP contribution in [0.25, 0.3) is 94.1 Å². The Hall–Kier alpha value is -6.06. The largest absolute Gasteiger partial charge is 0.278 e. The summed E-state index contributed by atoms with van der Waals surface area (Å²) >= 11 is 0. The number of hydrogen-bond acceptors (Lipinski definition) is 2. The van der Waals surface area contributed by atoms with Crippen molar-refractivity contribution in [1.82, 2.24) is 14.5 Å². The molecular formula is C42H25N3. The van der Waals surface area contributed by atoms with Gasteiger partial charge in [-0.1, -0.05) is 127 Å². The van der Waals surface area contributed by atoms with Gasteiger partial charge in [-0.25, -0.2) is 9.97 Å². The molecule has 0 amide bonds. The van der Waals surface area contributed by atoms with Gasteiger partial charge in [0.25, 0.3) is 0 Å². The first-order chi connectivity index (χ1) is 22.3. The van der Waals surface area contributed by atoms with Crippen molar-refractivity contribution in [3.8, 4) is 50.6 Å². The molecule has 0 spiro atoms. The lowest BCUT2D eigenvalue weighted by molar-refractivity contribution is 1.01. The van der Waals surface area contributed by atoms with Crippen LogP contribution in [-0.4, -0.2) is 14.5 Å². The van der Waals surface area contributed by atoms with Gasteiger partial charge in [-0.3, -0.25) is 4.57 Å². The van der Waals surface area contributed by atoms with Gasteiger partial charge >= 0.3 is 0 Å². The minimum absolute atomic E-state index is 0.675. The third-order valence-corrected chi connectivity index (χ3v) is 9.33. The highest BCUT2D eigenvalue weighted by molar-refractivity contribution is 6.30. The summed E-state index contributed by atoms with van der Waals surface area (Å²) in [7, 11) is 0. The Morgan fingerprint density at radius 2 is 1.09 bits per heavy atom. The Bertz CT molecular complexity index is 2630. The summed E-state index contributed by atoms with van der Waals surface area (Å²) in [5.41, 5.74) is 12.5. The average Bonchev–Trinajstić information content (AvgIpc) is 3.39. The maximum Gasteiger partial charge on any atom is 0.235 e. The summed E-state index contributed by atoms with van der Waals surface area (Å²) in [6.07, 6.45) is 0. The first-order valence-electron chi connectivity index (χ1n) is 15.4. The van der Waals surface area contributed by atoms with Crippen molar-refractivity contribution in [2.24, 2.45) is 0 Å². The molecule has 3 nitrogen and oxygen atoms in total. The molecule has 0 radical (unpaired) electrons. The minimum Gasteiger partial charge on any atom is -0.278 e. The van der Waals surface area contributed by atoms with Crippen LogP contribution in [0.4, 0.5) is 0 Å². The summed E-state index contributed by atoms with van der Waals surface area (Å²) in [6.45, 7) is 0. The number of fused-ring (bicyclic) bond motifs is 4. The fourth-order valence-corrected chi connectivity index (χ4v) is 7.39. The first kappa shape index (κ1) is 24.4. The second-order valence-corrected chi connectivity index (χ2v) is 11.8. The zero-order valence-electron chi connectivity index (χ0n) is 24.3. The van der Waals surface area contributed by atoms with E-state index in [1.54, 1.807) is 0 Å². The molecule has 0 fully saturated rings. The molecule has 1 aliphatic rings. The molecule has 0 unspecified atom stereocenters. The predicted molar refractivity (Wildman–Crippen MR) is 187 cm³/mol. The van der Waals surface area contributed by atoms with E-state index in [1.165, 1.54) is 54.9 Å². The van der Waals surface area contributed by atoms with E-state index in [2.05, 4.69) is 150 Å². The van der Waals surface area contributed by atoms with Gasteiger partial charge in [0.1, 0.15) is 0 Å². The zero-order chi connectivity index (χ0) is 29.5. The van der Waals surface area contributed by atoms with E-state index in [0.29, 0.717) is 5.95 Å². The van der Waals surface area contributed by atoms with Crippen molar-refractivity contribution >= 4 is 43.5 Å². The Morgan fingerprint density at radius 1 is 0.400 bits per heavy atom. The van der Waals surface area contributed by atoms with E-state index in [0.717, 1.165) is 33.2 Å². The Balaban J connectivity index is 1.43. The summed E-state index contributed by atoms with van der Waals surface area (Å²) in [4.78, 5) is 10.6. The molecule has 0 saturated heterocycles. The molecule has 0 atom stereocenters. The van der Waals surface area contributed by atoms with Gasteiger partial charge in [-0.2, -0.15) is 0 Å². The molecule has 10 rings (SSSR count). The van der Waals surface area contributed by atoms with Crippen molar-refractivity contribution in [2.45, 2.75) is 0 Å². The van der Waals surface area contributed by atoms with Crippen LogP contribution in [0.1, 0.15) is 0 Å². The Kier molecular flexibility index (Phi) is 5.00. The van der Waals surface area contributed by atoms with Gasteiger partial charge in [0.15, 0.2) is 0 Å². The molecule has 1 aliphatic carbocycles. The van der Waals surface area contributed by atoms with Crippen LogP contribution in [0.5, 0.6) is 0 Å². The number of para-hydroxylation sites is 1. The molecule has 2 aromatic heterocycles. The van der Waals surface area contributed by atoms with Crippen molar-refractivity contribution in [3.63, 3.8) is 0 Å². The van der Waals surface area contributed by atoms with Crippen molar-refractivity contribution in [1.29, 1.82) is 0 Å². The summed E-state index contributed by atoms with van der Waals surface area (Å²) in [5.74, 6) is 0.675. The summed E-state index contributed by atoms with van der Waals surface area (Å²) in [6, 6.07) is 54.2. The highest BCUT2D eigenvalue weighted by atomic mass is 15.2. The van der Waals surface area contributed by atoms with Crippen LogP contribution in [0.15, 0.2) is 152 Å². The number of benzene rings is 7. The third-order valence-electron chi connectivity index (χ3n) is 9.33. The number of aromatic nitrogens is 3. The molecule has 7 aromatic carbocycles. The second kappa shape index (κ2) is 9.22. The standard InChI is InChI=1S/C42H25N3/c1-3-12-26(13-4-1)29-24-34-31-18-8-7-17-30(31)32-20-11-16-27-22-23-36-40(38(27)32)39(34)37(25-29)45(36)42-43-35-21-10-9-19-33(35)41(44-42)28-14-5-2-6-15-28/h1-25H. The number of hydrogen-bond donors (Lipinski definition) is 0. The fourth-order valence-electron chi connectivity index (χ4n) is 7.39. The summed E-state index contributed by atoms with van der Waals surface area (Å²) in [5, 5.41) is 6.05. The minimum atomic E-state index is 0.675. The van der Waals surface area contributed by atoms with Crippen LogP contribution in [0, 0.1) is 0 Å². The maximum atomic E-state index is 5.36. The van der Waals surface area contributed by atoms with Crippen LogP contribution in [0.2, 0.25) is 0 Å². The lowest BCUT2D eigenvalue weighted by Gasteiger charge is -2.15. The molecule has 0 aliphatic heterocycles. The monoisotopic (exact) mass is 571 g/mol. The summed E-state index contributed by atoms with van der Waals surface area (Å²) < 4.78 is 2.30. The van der Waals surface area contributed by atoms with Crippen LogP contribution in [-0.2, 0) is 0 Å².